The molecule has 182 valence electrons. The summed E-state index contributed by atoms with van der Waals surface area (Å²) in [5.41, 5.74) is -7.85. The molecule has 2 fully saturated rings. The lowest BCUT2D eigenvalue weighted by Gasteiger charge is -2.33. The Morgan fingerprint density at radius 2 is 1.78 bits per heavy atom. The molecule has 6 atom stereocenters. The number of fused-ring (bicyclic) bond motifs is 1. The summed E-state index contributed by atoms with van der Waals surface area (Å²) in [5, 5.41) is 22.0. The van der Waals surface area contributed by atoms with E-state index >= 15 is 0 Å². The zero-order chi connectivity index (χ0) is 24.4. The summed E-state index contributed by atoms with van der Waals surface area (Å²) >= 11 is 0. The van der Waals surface area contributed by atoms with Gasteiger partial charge in [-0.2, -0.15) is 8.62 Å². The van der Waals surface area contributed by atoms with E-state index in [9.17, 15) is 43.3 Å². The molecule has 2 unspecified atom stereocenters. The van der Waals surface area contributed by atoms with Crippen LogP contribution in [-0.4, -0.2) is 62.7 Å². The van der Waals surface area contributed by atoms with E-state index in [-0.39, 0.29) is 12.8 Å². The highest BCUT2D eigenvalue weighted by atomic mass is 31.3. The molecule has 0 spiro atoms. The molecule has 0 aromatic carbocycles. The second-order valence-corrected chi connectivity index (χ2v) is 11.6. The van der Waals surface area contributed by atoms with Gasteiger partial charge in [-0.05, 0) is 6.42 Å². The predicted molar refractivity (Wildman–Crippen MR) is 98.8 cm³/mol. The molecule has 17 nitrogen and oxygen atoms in total. The first-order chi connectivity index (χ1) is 14.4. The molecule has 32 heavy (non-hydrogen) atoms. The van der Waals surface area contributed by atoms with Gasteiger partial charge in [0, 0.05) is 18.7 Å². The molecular weight excluding hydrogens is 505 g/mol. The maximum atomic E-state index is 12.1. The second-order valence-electron chi connectivity index (χ2n) is 7.16. The molecule has 1 saturated carbocycles. The number of phosphoric acid groups is 3. The first kappa shape index (κ1) is 25.6. The van der Waals surface area contributed by atoms with Gasteiger partial charge in [0.1, 0.15) is 16.8 Å². The molecule has 0 bridgehead atoms. The van der Waals surface area contributed by atoms with Crippen LogP contribution in [0.4, 0.5) is 0 Å². The average Bonchev–Trinajstić information content (AvgIpc) is 3.15. The minimum absolute atomic E-state index is 0.184. The first-order valence-electron chi connectivity index (χ1n) is 8.62. The fraction of sp³-hybridized carbons (Fsp3) is 0.667. The lowest BCUT2D eigenvalue weighted by molar-refractivity contribution is -0.155. The number of phosphoric ester groups is 1. The van der Waals surface area contributed by atoms with Crippen molar-refractivity contribution in [1.82, 2.24) is 9.55 Å². The van der Waals surface area contributed by atoms with Crippen molar-refractivity contribution in [2.45, 2.75) is 42.8 Å². The summed E-state index contributed by atoms with van der Waals surface area (Å²) in [7, 11) is -16.9. The van der Waals surface area contributed by atoms with E-state index < -0.39 is 64.4 Å². The first-order valence-corrected chi connectivity index (χ1v) is 13.1. The van der Waals surface area contributed by atoms with Crippen molar-refractivity contribution in [3.63, 3.8) is 0 Å². The van der Waals surface area contributed by atoms with Gasteiger partial charge in [-0.15, -0.1) is 0 Å². The van der Waals surface area contributed by atoms with Gasteiger partial charge in [0.15, 0.2) is 6.23 Å². The van der Waals surface area contributed by atoms with Crippen LogP contribution in [0.2, 0.25) is 0 Å². The molecule has 3 rings (SSSR count). The normalized spacial score (nSPS) is 35.7. The van der Waals surface area contributed by atoms with Crippen LogP contribution in [0.5, 0.6) is 0 Å². The van der Waals surface area contributed by atoms with E-state index in [4.69, 9.17) is 14.5 Å². The number of hydrogen-bond acceptors (Lipinski definition) is 11. The molecule has 1 aliphatic carbocycles. The van der Waals surface area contributed by atoms with E-state index in [1.807, 2.05) is 4.98 Å². The number of nitrogens with one attached hydrogen (secondary N) is 1. The summed E-state index contributed by atoms with van der Waals surface area (Å²) in [4.78, 5) is 61.2. The van der Waals surface area contributed by atoms with E-state index in [0.717, 1.165) is 16.8 Å². The maximum absolute atomic E-state index is 12.1. The summed E-state index contributed by atoms with van der Waals surface area (Å²) < 4.78 is 52.1. The molecule has 1 aromatic rings. The zero-order valence-corrected chi connectivity index (χ0v) is 18.7. The van der Waals surface area contributed by atoms with Crippen molar-refractivity contribution >= 4 is 23.5 Å². The van der Waals surface area contributed by atoms with Crippen LogP contribution in [0.15, 0.2) is 21.9 Å². The van der Waals surface area contributed by atoms with Crippen LogP contribution in [-0.2, 0) is 31.6 Å². The van der Waals surface area contributed by atoms with Crippen molar-refractivity contribution < 1.29 is 61.4 Å². The third-order valence-electron chi connectivity index (χ3n) is 5.15. The average molecular weight is 524 g/mol. The monoisotopic (exact) mass is 524 g/mol. The van der Waals surface area contributed by atoms with Gasteiger partial charge in [0.05, 0.1) is 6.61 Å². The molecule has 0 radical (unpaired) electrons. The number of rotatable bonds is 9. The van der Waals surface area contributed by atoms with Crippen LogP contribution in [0.3, 0.4) is 0 Å². The molecule has 1 aromatic heterocycles. The van der Waals surface area contributed by atoms with Crippen molar-refractivity contribution in [2.24, 2.45) is 0 Å². The number of H-pyrrole nitrogens is 1. The summed E-state index contributed by atoms with van der Waals surface area (Å²) in [5.74, 6) is 0. The number of aromatic amines is 1. The number of ether oxygens (including phenoxy) is 1. The lowest BCUT2D eigenvalue weighted by atomic mass is 9.89. The van der Waals surface area contributed by atoms with Gasteiger partial charge in [0.25, 0.3) is 5.56 Å². The second kappa shape index (κ2) is 7.75. The van der Waals surface area contributed by atoms with Gasteiger partial charge in [-0.3, -0.25) is 18.9 Å². The van der Waals surface area contributed by atoms with E-state index in [2.05, 4.69) is 13.1 Å². The molecule has 1 aliphatic heterocycles. The van der Waals surface area contributed by atoms with Crippen LogP contribution < -0.4 is 11.2 Å². The summed E-state index contributed by atoms with van der Waals surface area (Å²) in [6, 6.07) is 0.952. The van der Waals surface area contributed by atoms with E-state index in [1.165, 1.54) is 6.92 Å². The van der Waals surface area contributed by atoms with Gasteiger partial charge >= 0.3 is 29.2 Å². The fourth-order valence-electron chi connectivity index (χ4n) is 3.63. The topological polar surface area (TPSA) is 264 Å². The van der Waals surface area contributed by atoms with Gasteiger partial charge in [-0.25, -0.2) is 18.5 Å². The van der Waals surface area contributed by atoms with E-state index in [1.54, 1.807) is 0 Å². The molecule has 0 amide bonds. The number of aliphatic hydroxyl groups is 2. The number of aromatic nitrogens is 2. The van der Waals surface area contributed by atoms with Crippen molar-refractivity contribution in [1.29, 1.82) is 0 Å². The standard InChI is InChI=1S/C12H19N2O15P3/c1-2-11(17)8(14-4-3-7(15)13-9(14)16)27-10(5-12(10,11)18)6-26-31(22,23)29-32(24,25)28-30(19,20)21/h3-4,8,17-18H,2,5-6H2,1H3,(H,22,23)(H,24,25)(H,13,15,16)(H2,19,20,21)/t8-,10-,11+,12-/m1/s1. The molecule has 20 heteroatoms. The molecular formula is C12H19N2O15P3. The highest BCUT2D eigenvalue weighted by molar-refractivity contribution is 7.66. The smallest absolute Gasteiger partial charge is 0.383 e. The molecule has 2 heterocycles. The van der Waals surface area contributed by atoms with Crippen molar-refractivity contribution in [3.05, 3.63) is 33.1 Å². The summed E-state index contributed by atoms with van der Waals surface area (Å²) in [6.45, 7) is 0.423. The van der Waals surface area contributed by atoms with E-state index in [0.29, 0.717) is 0 Å². The Balaban J connectivity index is 1.82. The predicted octanol–water partition coefficient (Wildman–Crippen LogP) is -1.58. The van der Waals surface area contributed by atoms with Crippen molar-refractivity contribution in [2.75, 3.05) is 6.61 Å². The SMILES string of the molecule is CC[C@]1(O)[C@H](n2ccc(=O)[nH]c2=O)O[C@@]2(COP(=O)(O)OP(=O)(O)OP(=O)(O)O)C[C@@]21O. The van der Waals surface area contributed by atoms with Crippen LogP contribution in [0, 0.1) is 0 Å². The van der Waals surface area contributed by atoms with Crippen LogP contribution in [0.1, 0.15) is 26.0 Å². The van der Waals surface area contributed by atoms with Crippen molar-refractivity contribution in [3.8, 4) is 0 Å². The quantitative estimate of drug-likeness (QED) is 0.180. The van der Waals surface area contributed by atoms with Gasteiger partial charge < -0.3 is 34.5 Å². The molecule has 1 saturated heterocycles. The minimum atomic E-state index is -5.76. The van der Waals surface area contributed by atoms with Gasteiger partial charge in [0.2, 0.25) is 0 Å². The number of hydrogen-bond donors (Lipinski definition) is 7. The third kappa shape index (κ3) is 4.50. The molecule has 7 N–H and O–H groups in total. The highest BCUT2D eigenvalue weighted by Gasteiger charge is 2.85. The van der Waals surface area contributed by atoms with Crippen LogP contribution >= 0.6 is 23.5 Å². The van der Waals surface area contributed by atoms with Crippen LogP contribution in [0.25, 0.3) is 0 Å². The van der Waals surface area contributed by atoms with Gasteiger partial charge in [-0.1, -0.05) is 6.92 Å². The third-order valence-corrected chi connectivity index (χ3v) is 8.93. The zero-order valence-electron chi connectivity index (χ0n) is 16.0. The fourth-order valence-corrected chi connectivity index (χ4v) is 6.70. The lowest BCUT2D eigenvalue weighted by Crippen LogP contribution is -2.51. The Hall–Kier alpha value is -1.03. The largest absolute Gasteiger partial charge is 0.490 e. The Kier molecular flexibility index (Phi) is 6.20. The molecule has 2 aliphatic rings. The number of nitrogens with zero attached hydrogens (tertiary/aromatic N) is 1. The Labute approximate surface area is 177 Å². The Morgan fingerprint density at radius 1 is 1.16 bits per heavy atom. The Morgan fingerprint density at radius 3 is 2.31 bits per heavy atom. The minimum Gasteiger partial charge on any atom is -0.383 e. The summed E-state index contributed by atoms with van der Waals surface area (Å²) in [6.07, 6.45) is -1.11. The maximum Gasteiger partial charge on any atom is 0.490 e. The Bertz CT molecular complexity index is 1170. The highest BCUT2D eigenvalue weighted by Crippen LogP contribution is 2.70.